The maximum atomic E-state index is 12.9. The zero-order valence-corrected chi connectivity index (χ0v) is 16.1. The third kappa shape index (κ3) is 4.05. The van der Waals surface area contributed by atoms with Gasteiger partial charge in [-0.05, 0) is 62.3 Å². The molecule has 1 atom stereocenters. The van der Waals surface area contributed by atoms with E-state index in [0.717, 1.165) is 25.9 Å². The third-order valence-corrected chi connectivity index (χ3v) is 5.43. The Bertz CT molecular complexity index is 905. The summed E-state index contributed by atoms with van der Waals surface area (Å²) in [5, 5.41) is 10.5. The molecule has 1 amide bonds. The maximum Gasteiger partial charge on any atom is 0.290 e. The van der Waals surface area contributed by atoms with E-state index in [-0.39, 0.29) is 5.57 Å². The fourth-order valence-corrected chi connectivity index (χ4v) is 3.94. The molecule has 2 aliphatic rings. The fourth-order valence-electron chi connectivity index (χ4n) is 3.94. The molecule has 0 aliphatic carbocycles. The number of ketones is 1. The second kappa shape index (κ2) is 8.53. The highest BCUT2D eigenvalue weighted by molar-refractivity contribution is 6.14. The minimum atomic E-state index is -0.740. The van der Waals surface area contributed by atoms with Crippen LogP contribution in [0.5, 0.6) is 0 Å². The van der Waals surface area contributed by atoms with Crippen LogP contribution in [0, 0.1) is 0 Å². The third-order valence-electron chi connectivity index (χ3n) is 5.43. The molecule has 152 valence electrons. The summed E-state index contributed by atoms with van der Waals surface area (Å²) in [5.41, 5.74) is 0.0337. The molecule has 0 aromatic carbocycles. The van der Waals surface area contributed by atoms with Crippen LogP contribution in [0.3, 0.4) is 0 Å². The number of nitrogens with zero attached hydrogens (tertiary/aromatic N) is 2. The first-order chi connectivity index (χ1) is 14.1. The van der Waals surface area contributed by atoms with Gasteiger partial charge in [0.1, 0.15) is 17.6 Å². The molecule has 4 rings (SSSR count). The van der Waals surface area contributed by atoms with Crippen molar-refractivity contribution in [3.8, 4) is 0 Å². The van der Waals surface area contributed by atoms with Crippen LogP contribution in [-0.4, -0.2) is 52.8 Å². The summed E-state index contributed by atoms with van der Waals surface area (Å²) >= 11 is 0. The molecule has 2 aromatic heterocycles. The van der Waals surface area contributed by atoms with Crippen molar-refractivity contribution in [2.75, 3.05) is 26.2 Å². The lowest BCUT2D eigenvalue weighted by Gasteiger charge is -2.30. The second-order valence-corrected chi connectivity index (χ2v) is 7.29. The van der Waals surface area contributed by atoms with Gasteiger partial charge in [0.25, 0.3) is 5.91 Å². The number of carbonyl (C=O) groups excluding carboxylic acids is 2. The Morgan fingerprint density at radius 2 is 1.86 bits per heavy atom. The number of hydrogen-bond acceptors (Lipinski definition) is 6. The average molecular weight is 396 g/mol. The molecule has 7 heteroatoms. The Kier molecular flexibility index (Phi) is 5.67. The van der Waals surface area contributed by atoms with Gasteiger partial charge in [-0.15, -0.1) is 0 Å². The maximum absolute atomic E-state index is 12.9. The number of amides is 1. The highest BCUT2D eigenvalue weighted by Crippen LogP contribution is 2.38. The van der Waals surface area contributed by atoms with E-state index in [1.165, 1.54) is 36.0 Å². The van der Waals surface area contributed by atoms with E-state index in [1.54, 1.807) is 24.3 Å². The van der Waals surface area contributed by atoms with Gasteiger partial charge in [0, 0.05) is 13.1 Å². The van der Waals surface area contributed by atoms with E-state index in [0.29, 0.717) is 24.6 Å². The zero-order chi connectivity index (χ0) is 20.2. The van der Waals surface area contributed by atoms with Crippen LogP contribution >= 0.6 is 0 Å². The van der Waals surface area contributed by atoms with Crippen LogP contribution in [0.2, 0.25) is 0 Å². The molecule has 4 heterocycles. The molecule has 2 aromatic rings. The van der Waals surface area contributed by atoms with Crippen LogP contribution in [0.1, 0.15) is 36.8 Å². The lowest BCUT2D eigenvalue weighted by molar-refractivity contribution is -0.129. The molecule has 1 saturated heterocycles. The molecule has 1 fully saturated rings. The monoisotopic (exact) mass is 396 g/mol. The predicted octanol–water partition coefficient (Wildman–Crippen LogP) is 3.34. The lowest BCUT2D eigenvalue weighted by Crippen LogP contribution is -2.40. The fraction of sp³-hybridized carbons (Fsp3) is 0.364. The molecule has 0 radical (unpaired) electrons. The van der Waals surface area contributed by atoms with Gasteiger partial charge in [-0.25, -0.2) is 0 Å². The minimum absolute atomic E-state index is 0.0337. The highest BCUT2D eigenvalue weighted by atomic mass is 16.3. The van der Waals surface area contributed by atoms with Gasteiger partial charge in [0.05, 0.1) is 18.1 Å². The number of piperidine rings is 1. The molecule has 7 nitrogen and oxygen atoms in total. The molecular formula is C22H24N2O5. The Hall–Kier alpha value is -3.06. The zero-order valence-electron chi connectivity index (χ0n) is 16.1. The molecule has 0 bridgehead atoms. The smallest absolute Gasteiger partial charge is 0.290 e. The predicted molar refractivity (Wildman–Crippen MR) is 106 cm³/mol. The average Bonchev–Trinajstić information content (AvgIpc) is 3.49. The number of likely N-dealkylation sites (tertiary alicyclic amines) is 1. The topological polar surface area (TPSA) is 87.1 Å². The SMILES string of the molecule is O=C(/C=C/c1ccco1)C1=C(O)C(=O)N(CCN2CCCCC2)C1c1ccco1. The standard InChI is InChI=1S/C22H24N2O5/c25-17(9-8-16-6-4-14-28-16)19-20(18-7-5-15-29-18)24(22(27)21(19)26)13-12-23-10-2-1-3-11-23/h4-9,14-15,20,26H,1-3,10-13H2/b9-8+. The van der Waals surface area contributed by atoms with Crippen molar-refractivity contribution in [2.24, 2.45) is 0 Å². The van der Waals surface area contributed by atoms with Gasteiger partial charge in [0.2, 0.25) is 0 Å². The van der Waals surface area contributed by atoms with E-state index in [2.05, 4.69) is 4.90 Å². The van der Waals surface area contributed by atoms with Gasteiger partial charge in [-0.3, -0.25) is 9.59 Å². The number of aliphatic hydroxyl groups is 1. The van der Waals surface area contributed by atoms with Gasteiger partial charge in [-0.2, -0.15) is 0 Å². The number of allylic oxidation sites excluding steroid dienone is 1. The number of aliphatic hydroxyl groups excluding tert-OH is 1. The first-order valence-corrected chi connectivity index (χ1v) is 9.91. The van der Waals surface area contributed by atoms with Gasteiger partial charge in [0.15, 0.2) is 11.5 Å². The number of rotatable bonds is 7. The van der Waals surface area contributed by atoms with E-state index in [9.17, 15) is 14.7 Å². The van der Waals surface area contributed by atoms with Gasteiger partial charge >= 0.3 is 0 Å². The van der Waals surface area contributed by atoms with E-state index in [4.69, 9.17) is 8.83 Å². The first-order valence-electron chi connectivity index (χ1n) is 9.91. The summed E-state index contributed by atoms with van der Waals surface area (Å²) in [4.78, 5) is 29.5. The van der Waals surface area contributed by atoms with Crippen molar-refractivity contribution in [3.05, 3.63) is 65.7 Å². The van der Waals surface area contributed by atoms with Crippen molar-refractivity contribution < 1.29 is 23.5 Å². The van der Waals surface area contributed by atoms with Crippen LogP contribution in [-0.2, 0) is 9.59 Å². The summed E-state index contributed by atoms with van der Waals surface area (Å²) in [7, 11) is 0. The highest BCUT2D eigenvalue weighted by Gasteiger charge is 2.44. The number of furan rings is 2. The van der Waals surface area contributed by atoms with Gasteiger partial charge in [-0.1, -0.05) is 6.42 Å². The number of carbonyl (C=O) groups is 2. The molecule has 29 heavy (non-hydrogen) atoms. The van der Waals surface area contributed by atoms with Crippen LogP contribution in [0.4, 0.5) is 0 Å². The Labute approximate surface area is 168 Å². The molecular weight excluding hydrogens is 372 g/mol. The largest absolute Gasteiger partial charge is 0.503 e. The Balaban J connectivity index is 1.57. The first kappa shape index (κ1) is 19.3. The quantitative estimate of drug-likeness (QED) is 0.723. The van der Waals surface area contributed by atoms with Crippen LogP contribution in [0.15, 0.2) is 63.0 Å². The molecule has 1 unspecified atom stereocenters. The van der Waals surface area contributed by atoms with Crippen molar-refractivity contribution in [3.63, 3.8) is 0 Å². The summed E-state index contributed by atoms with van der Waals surface area (Å²) in [6, 6.07) is 6.11. The molecule has 0 spiro atoms. The molecule has 0 saturated carbocycles. The van der Waals surface area contributed by atoms with E-state index < -0.39 is 23.5 Å². The summed E-state index contributed by atoms with van der Waals surface area (Å²) < 4.78 is 10.7. The second-order valence-electron chi connectivity index (χ2n) is 7.29. The molecule has 1 N–H and O–H groups in total. The van der Waals surface area contributed by atoms with E-state index in [1.807, 2.05) is 0 Å². The van der Waals surface area contributed by atoms with Crippen LogP contribution < -0.4 is 0 Å². The van der Waals surface area contributed by atoms with Crippen molar-refractivity contribution >= 4 is 17.8 Å². The minimum Gasteiger partial charge on any atom is -0.503 e. The van der Waals surface area contributed by atoms with E-state index >= 15 is 0 Å². The van der Waals surface area contributed by atoms with Crippen molar-refractivity contribution in [2.45, 2.75) is 25.3 Å². The Morgan fingerprint density at radius 1 is 1.10 bits per heavy atom. The van der Waals surface area contributed by atoms with Crippen molar-refractivity contribution in [1.29, 1.82) is 0 Å². The summed E-state index contributed by atoms with van der Waals surface area (Å²) in [5.74, 6) is -0.540. The van der Waals surface area contributed by atoms with Crippen LogP contribution in [0.25, 0.3) is 6.08 Å². The van der Waals surface area contributed by atoms with Crippen molar-refractivity contribution in [1.82, 2.24) is 9.80 Å². The lowest BCUT2D eigenvalue weighted by atomic mass is 10.0. The number of hydrogen-bond donors (Lipinski definition) is 1. The van der Waals surface area contributed by atoms with Gasteiger partial charge < -0.3 is 23.7 Å². The normalized spacial score (nSPS) is 20.9. The molecule has 2 aliphatic heterocycles. The Morgan fingerprint density at radius 3 is 2.55 bits per heavy atom. The summed E-state index contributed by atoms with van der Waals surface area (Å²) in [6.07, 6.45) is 9.37. The summed E-state index contributed by atoms with van der Waals surface area (Å²) in [6.45, 7) is 3.11.